The fourth-order valence-electron chi connectivity index (χ4n) is 4.93. The number of nitrogens with one attached hydrogen (secondary N) is 1. The van der Waals surface area contributed by atoms with Gasteiger partial charge in [0.1, 0.15) is 17.6 Å². The Labute approximate surface area is 237 Å². The number of anilines is 3. The van der Waals surface area contributed by atoms with Gasteiger partial charge in [-0.15, -0.1) is 0 Å². The molecule has 8 nitrogen and oxygen atoms in total. The molecule has 0 bridgehead atoms. The van der Waals surface area contributed by atoms with Crippen LogP contribution in [0.1, 0.15) is 31.7 Å². The van der Waals surface area contributed by atoms with Gasteiger partial charge in [-0.1, -0.05) is 12.1 Å². The molecule has 5 rings (SSSR count). The van der Waals surface area contributed by atoms with Crippen molar-refractivity contribution in [2.24, 2.45) is 0 Å². The molecule has 1 N–H and O–H groups in total. The molecular weight excluding hydrogens is 531 g/mol. The summed E-state index contributed by atoms with van der Waals surface area (Å²) in [6.45, 7) is 3.40. The molecule has 0 unspecified atom stereocenters. The Morgan fingerprint density at radius 3 is 2.30 bits per heavy atom. The van der Waals surface area contributed by atoms with Gasteiger partial charge in [0, 0.05) is 30.9 Å². The van der Waals surface area contributed by atoms with Gasteiger partial charge in [-0.3, -0.25) is 19.3 Å². The van der Waals surface area contributed by atoms with Crippen molar-refractivity contribution in [3.8, 4) is 5.75 Å². The minimum Gasteiger partial charge on any atom is -0.494 e. The van der Waals surface area contributed by atoms with E-state index < -0.39 is 11.9 Å². The van der Waals surface area contributed by atoms with E-state index in [0.29, 0.717) is 36.7 Å². The van der Waals surface area contributed by atoms with Crippen LogP contribution in [0.5, 0.6) is 5.75 Å². The van der Waals surface area contributed by atoms with Crippen LogP contribution in [0.3, 0.4) is 0 Å². The summed E-state index contributed by atoms with van der Waals surface area (Å²) in [5, 5.41) is 3.07. The summed E-state index contributed by atoms with van der Waals surface area (Å²) >= 11 is 5.72. The van der Waals surface area contributed by atoms with Crippen molar-refractivity contribution in [2.45, 2.75) is 38.8 Å². The van der Waals surface area contributed by atoms with E-state index in [4.69, 9.17) is 17.0 Å². The zero-order valence-corrected chi connectivity index (χ0v) is 22.8. The van der Waals surface area contributed by atoms with E-state index in [2.05, 4.69) is 5.32 Å². The van der Waals surface area contributed by atoms with Gasteiger partial charge < -0.3 is 19.9 Å². The number of carbonyl (C=O) groups is 3. The zero-order chi connectivity index (χ0) is 28.2. The highest BCUT2D eigenvalue weighted by molar-refractivity contribution is 7.80. The van der Waals surface area contributed by atoms with E-state index in [9.17, 15) is 18.8 Å². The van der Waals surface area contributed by atoms with Crippen LogP contribution in [-0.4, -0.2) is 46.9 Å². The van der Waals surface area contributed by atoms with Crippen LogP contribution in [0.25, 0.3) is 0 Å². The van der Waals surface area contributed by atoms with Crippen molar-refractivity contribution >= 4 is 52.1 Å². The zero-order valence-electron chi connectivity index (χ0n) is 22.0. The smallest absolute Gasteiger partial charge is 0.256 e. The Morgan fingerprint density at radius 2 is 1.68 bits per heavy atom. The van der Waals surface area contributed by atoms with E-state index in [1.54, 1.807) is 34.1 Å². The molecular formula is C30H29FN4O4S. The lowest BCUT2D eigenvalue weighted by Gasteiger charge is -2.24. The molecule has 1 atom stereocenters. The highest BCUT2D eigenvalue weighted by Crippen LogP contribution is 2.30. The van der Waals surface area contributed by atoms with Crippen LogP contribution < -0.4 is 19.9 Å². The first-order valence-electron chi connectivity index (χ1n) is 13.2. The van der Waals surface area contributed by atoms with Crippen LogP contribution in [0, 0.1) is 5.82 Å². The lowest BCUT2D eigenvalue weighted by atomic mass is 10.1. The minimum absolute atomic E-state index is 0.104. The maximum Gasteiger partial charge on any atom is 0.256 e. The predicted molar refractivity (Wildman–Crippen MR) is 155 cm³/mol. The summed E-state index contributed by atoms with van der Waals surface area (Å²) in [5.74, 6) is -0.344. The highest BCUT2D eigenvalue weighted by atomic mass is 32.1. The molecule has 2 aliphatic rings. The average molecular weight is 561 g/mol. The molecule has 2 fully saturated rings. The summed E-state index contributed by atoms with van der Waals surface area (Å²) < 4.78 is 19.0. The number of benzene rings is 3. The molecule has 10 heteroatoms. The number of rotatable bonds is 9. The lowest BCUT2D eigenvalue weighted by Crippen LogP contribution is -2.37. The Bertz CT molecular complexity index is 1410. The average Bonchev–Trinajstić information content (AvgIpc) is 3.47. The third-order valence-corrected chi connectivity index (χ3v) is 7.32. The van der Waals surface area contributed by atoms with E-state index in [1.165, 1.54) is 29.2 Å². The molecule has 2 saturated heterocycles. The largest absolute Gasteiger partial charge is 0.494 e. The maximum absolute atomic E-state index is 13.6. The van der Waals surface area contributed by atoms with E-state index >= 15 is 0 Å². The molecule has 0 aromatic heterocycles. The first-order valence-corrected chi connectivity index (χ1v) is 13.6. The van der Waals surface area contributed by atoms with Crippen molar-refractivity contribution in [1.29, 1.82) is 0 Å². The molecule has 206 valence electrons. The second kappa shape index (κ2) is 11.8. The molecule has 40 heavy (non-hydrogen) atoms. The molecule has 0 saturated carbocycles. The topological polar surface area (TPSA) is 82.2 Å². The lowest BCUT2D eigenvalue weighted by molar-refractivity contribution is -0.124. The van der Waals surface area contributed by atoms with Crippen molar-refractivity contribution in [2.75, 3.05) is 28.3 Å². The third kappa shape index (κ3) is 5.81. The number of hydrogen-bond donors (Lipinski definition) is 1. The van der Waals surface area contributed by atoms with Crippen LogP contribution in [-0.2, 0) is 20.9 Å². The quantitative estimate of drug-likeness (QED) is 0.376. The predicted octanol–water partition coefficient (Wildman–Crippen LogP) is 4.88. The van der Waals surface area contributed by atoms with Gasteiger partial charge in [0.15, 0.2) is 5.11 Å². The van der Waals surface area contributed by atoms with Crippen LogP contribution in [0.2, 0.25) is 0 Å². The number of amides is 3. The highest BCUT2D eigenvalue weighted by Gasteiger charge is 2.44. The fourth-order valence-corrected chi connectivity index (χ4v) is 5.32. The van der Waals surface area contributed by atoms with Gasteiger partial charge in [0.2, 0.25) is 11.8 Å². The Balaban J connectivity index is 1.36. The second-order valence-electron chi connectivity index (χ2n) is 9.60. The number of nitrogens with zero attached hydrogens (tertiary/aromatic N) is 3. The monoisotopic (exact) mass is 560 g/mol. The van der Waals surface area contributed by atoms with Gasteiger partial charge in [-0.2, -0.15) is 0 Å². The van der Waals surface area contributed by atoms with E-state index in [1.807, 2.05) is 31.2 Å². The first-order chi connectivity index (χ1) is 19.3. The van der Waals surface area contributed by atoms with Crippen LogP contribution in [0.15, 0.2) is 72.8 Å². The van der Waals surface area contributed by atoms with E-state index in [0.717, 1.165) is 17.7 Å². The summed E-state index contributed by atoms with van der Waals surface area (Å²) in [5.41, 5.74) is 2.70. The number of carbonyl (C=O) groups excluding carboxylic acids is 3. The fraction of sp³-hybridized carbons (Fsp3) is 0.267. The molecule has 3 aromatic carbocycles. The Morgan fingerprint density at radius 1 is 1.00 bits per heavy atom. The first kappa shape index (κ1) is 27.3. The Hall–Kier alpha value is -4.31. The van der Waals surface area contributed by atoms with Crippen LogP contribution >= 0.6 is 12.2 Å². The summed E-state index contributed by atoms with van der Waals surface area (Å²) in [6.07, 6.45) is 1.25. The van der Waals surface area contributed by atoms with Gasteiger partial charge in [0.05, 0.1) is 18.7 Å². The summed E-state index contributed by atoms with van der Waals surface area (Å²) in [4.78, 5) is 43.7. The number of thiocarbonyl (C=S) groups is 1. The van der Waals surface area contributed by atoms with Gasteiger partial charge >= 0.3 is 0 Å². The maximum atomic E-state index is 13.6. The molecule has 3 aromatic rings. The third-order valence-electron chi connectivity index (χ3n) is 6.91. The normalized spacial score (nSPS) is 17.1. The molecule has 0 spiro atoms. The number of ether oxygens (including phenoxy) is 1. The molecule has 2 aliphatic heterocycles. The number of hydrogen-bond acceptors (Lipinski definition) is 5. The van der Waals surface area contributed by atoms with Gasteiger partial charge in [0.25, 0.3) is 5.91 Å². The molecule has 3 amide bonds. The summed E-state index contributed by atoms with van der Waals surface area (Å²) in [6, 6.07) is 19.2. The number of halogens is 1. The van der Waals surface area contributed by atoms with Crippen molar-refractivity contribution < 1.29 is 23.5 Å². The molecule has 0 aliphatic carbocycles. The van der Waals surface area contributed by atoms with Gasteiger partial charge in [-0.05, 0) is 91.8 Å². The van der Waals surface area contributed by atoms with Crippen LogP contribution in [0.4, 0.5) is 21.5 Å². The van der Waals surface area contributed by atoms with Crippen molar-refractivity contribution in [1.82, 2.24) is 4.90 Å². The second-order valence-corrected chi connectivity index (χ2v) is 9.97. The Kier molecular flexibility index (Phi) is 8.06. The van der Waals surface area contributed by atoms with Crippen molar-refractivity contribution in [3.05, 3.63) is 84.2 Å². The van der Waals surface area contributed by atoms with Crippen molar-refractivity contribution in [3.63, 3.8) is 0 Å². The van der Waals surface area contributed by atoms with Gasteiger partial charge in [-0.25, -0.2) is 4.39 Å². The standard InChI is InChI=1S/C30H29FN4O4S/c1-2-39-25-15-9-22(10-16-25)32-27(36)18-26-29(38)35(24-13-7-21(31)8-14-24)30(40)34(26)19-20-5-11-23(12-6-20)33-17-3-4-28(33)37/h5-16,26H,2-4,17-19H2,1H3,(H,32,36)/t26-/m1/s1. The van der Waals surface area contributed by atoms with E-state index in [-0.39, 0.29) is 35.8 Å². The minimum atomic E-state index is -0.861. The molecule has 0 radical (unpaired) electrons. The SMILES string of the molecule is CCOc1ccc(NC(=O)C[C@@H]2C(=O)N(c3ccc(F)cc3)C(=S)N2Cc2ccc(N3CCCC3=O)cc2)cc1. The summed E-state index contributed by atoms with van der Waals surface area (Å²) in [7, 11) is 0. The molecule has 2 heterocycles.